The van der Waals surface area contributed by atoms with E-state index < -0.39 is 5.91 Å². The van der Waals surface area contributed by atoms with Crippen molar-refractivity contribution in [1.29, 1.82) is 0 Å². The van der Waals surface area contributed by atoms with Gasteiger partial charge in [-0.05, 0) is 42.5 Å². The van der Waals surface area contributed by atoms with Crippen LogP contribution in [0.15, 0.2) is 47.0 Å². The molecule has 2 aromatic carbocycles. The fraction of sp³-hybridized carbons (Fsp3) is 0.190. The molecule has 0 unspecified atom stereocenters. The van der Waals surface area contributed by atoms with E-state index in [9.17, 15) is 14.0 Å². The summed E-state index contributed by atoms with van der Waals surface area (Å²) in [4.78, 5) is 26.6. The van der Waals surface area contributed by atoms with E-state index in [2.05, 4.69) is 10.5 Å². The highest BCUT2D eigenvalue weighted by atomic mass is 35.5. The van der Waals surface area contributed by atoms with Crippen LogP contribution < -0.4 is 5.32 Å². The third-order valence-corrected chi connectivity index (χ3v) is 5.42. The minimum atomic E-state index is -0.459. The Morgan fingerprint density at radius 1 is 1.17 bits per heavy atom. The second-order valence-corrected chi connectivity index (χ2v) is 7.66. The van der Waals surface area contributed by atoms with Gasteiger partial charge in [0.05, 0.1) is 29.4 Å². The van der Waals surface area contributed by atoms with Crippen LogP contribution in [0.3, 0.4) is 0 Å². The Labute approximate surface area is 181 Å². The largest absolute Gasteiger partial charge is 0.356 e. The molecule has 9 heteroatoms. The summed E-state index contributed by atoms with van der Waals surface area (Å²) in [5.41, 5.74) is 2.49. The average Bonchev–Trinajstić information content (AvgIpc) is 3.15. The van der Waals surface area contributed by atoms with Crippen molar-refractivity contribution in [2.75, 3.05) is 13.1 Å². The van der Waals surface area contributed by atoms with Crippen molar-refractivity contribution in [1.82, 2.24) is 15.4 Å². The topological polar surface area (TPSA) is 75.4 Å². The maximum absolute atomic E-state index is 13.2. The van der Waals surface area contributed by atoms with Gasteiger partial charge in [0.2, 0.25) is 5.91 Å². The first-order valence-corrected chi connectivity index (χ1v) is 9.92. The van der Waals surface area contributed by atoms with Gasteiger partial charge in [-0.2, -0.15) is 0 Å². The van der Waals surface area contributed by atoms with Crippen LogP contribution in [-0.2, 0) is 17.8 Å². The molecule has 3 aromatic rings. The second-order valence-electron chi connectivity index (χ2n) is 6.82. The number of halogens is 3. The summed E-state index contributed by atoms with van der Waals surface area (Å²) in [6.45, 7) is 0.574. The molecule has 0 atom stereocenters. The zero-order valence-electron chi connectivity index (χ0n) is 15.6. The van der Waals surface area contributed by atoms with E-state index in [0.29, 0.717) is 35.9 Å². The molecule has 0 spiro atoms. The smallest absolute Gasteiger partial charge is 0.253 e. The molecule has 0 bridgehead atoms. The van der Waals surface area contributed by atoms with Crippen LogP contribution in [0.25, 0.3) is 11.3 Å². The van der Waals surface area contributed by atoms with Crippen molar-refractivity contribution < 1.29 is 18.5 Å². The van der Waals surface area contributed by atoms with Gasteiger partial charge < -0.3 is 14.7 Å². The van der Waals surface area contributed by atoms with Crippen molar-refractivity contribution in [3.8, 4) is 11.3 Å². The molecule has 0 radical (unpaired) electrons. The van der Waals surface area contributed by atoms with Crippen LogP contribution in [0.2, 0.25) is 10.0 Å². The van der Waals surface area contributed by atoms with Gasteiger partial charge in [-0.25, -0.2) is 4.39 Å². The molecule has 30 heavy (non-hydrogen) atoms. The Balaban J connectivity index is 1.43. The molecule has 2 amide bonds. The van der Waals surface area contributed by atoms with Gasteiger partial charge >= 0.3 is 0 Å². The van der Waals surface area contributed by atoms with Crippen molar-refractivity contribution in [3.63, 3.8) is 0 Å². The van der Waals surface area contributed by atoms with Crippen molar-refractivity contribution in [3.05, 3.63) is 75.1 Å². The van der Waals surface area contributed by atoms with E-state index in [4.69, 9.17) is 27.7 Å². The molecule has 0 aliphatic carbocycles. The van der Waals surface area contributed by atoms with Crippen molar-refractivity contribution in [2.45, 2.75) is 13.0 Å². The molecule has 1 aliphatic rings. The molecule has 1 aliphatic heterocycles. The number of fused-ring (bicyclic) bond motifs is 1. The minimum absolute atomic E-state index is 0.176. The molecular formula is C21H16Cl2FN3O3. The van der Waals surface area contributed by atoms with E-state index in [1.807, 2.05) is 0 Å². The van der Waals surface area contributed by atoms with Gasteiger partial charge in [-0.1, -0.05) is 28.4 Å². The maximum atomic E-state index is 13.2. The number of nitrogens with zero attached hydrogens (tertiary/aromatic N) is 2. The fourth-order valence-corrected chi connectivity index (χ4v) is 3.78. The standard InChI is InChI=1S/C21H16Cl2FN3O3/c22-13-3-6-15(17(23)9-13)21(29)25-10-19(28)27-8-7-18-16(11-27)20(30-26-18)12-1-4-14(24)5-2-12/h1-6,9H,7-8,10-11H2,(H,25,29). The second kappa shape index (κ2) is 8.45. The molecule has 6 nitrogen and oxygen atoms in total. The van der Waals surface area contributed by atoms with E-state index in [1.165, 1.54) is 24.3 Å². The van der Waals surface area contributed by atoms with Crippen LogP contribution in [0, 0.1) is 5.82 Å². The average molecular weight is 448 g/mol. The number of carbonyl (C=O) groups excluding carboxylic acids is 2. The first-order valence-electron chi connectivity index (χ1n) is 9.17. The van der Waals surface area contributed by atoms with E-state index in [-0.39, 0.29) is 28.9 Å². The zero-order chi connectivity index (χ0) is 21.3. The SMILES string of the molecule is O=C(NCC(=O)N1CCc2noc(-c3ccc(F)cc3)c2C1)c1ccc(Cl)cc1Cl. The third kappa shape index (κ3) is 4.17. The molecule has 4 rings (SSSR count). The molecule has 1 aromatic heterocycles. The summed E-state index contributed by atoms with van der Waals surface area (Å²) < 4.78 is 18.6. The highest BCUT2D eigenvalue weighted by molar-refractivity contribution is 6.36. The predicted molar refractivity (Wildman–Crippen MR) is 110 cm³/mol. The van der Waals surface area contributed by atoms with Crippen LogP contribution >= 0.6 is 23.2 Å². The first-order chi connectivity index (χ1) is 14.4. The summed E-state index contributed by atoms with van der Waals surface area (Å²) in [6, 6.07) is 10.4. The van der Waals surface area contributed by atoms with Gasteiger partial charge in [0.15, 0.2) is 5.76 Å². The summed E-state index contributed by atoms with van der Waals surface area (Å²) in [7, 11) is 0. The summed E-state index contributed by atoms with van der Waals surface area (Å²) >= 11 is 11.9. The minimum Gasteiger partial charge on any atom is -0.356 e. The number of amides is 2. The lowest BCUT2D eigenvalue weighted by atomic mass is 10.0. The Hall–Kier alpha value is -2.90. The molecule has 0 saturated heterocycles. The first kappa shape index (κ1) is 20.4. The van der Waals surface area contributed by atoms with Gasteiger partial charge in [0.1, 0.15) is 5.82 Å². The lowest BCUT2D eigenvalue weighted by Crippen LogP contribution is -2.42. The van der Waals surface area contributed by atoms with Gasteiger partial charge in [-0.3, -0.25) is 9.59 Å². The lowest BCUT2D eigenvalue weighted by Gasteiger charge is -2.26. The molecule has 1 N–H and O–H groups in total. The molecular weight excluding hydrogens is 432 g/mol. The number of nitrogens with one attached hydrogen (secondary N) is 1. The monoisotopic (exact) mass is 447 g/mol. The Bertz CT molecular complexity index is 1120. The maximum Gasteiger partial charge on any atom is 0.253 e. The van der Waals surface area contributed by atoms with Crippen LogP contribution in [-0.4, -0.2) is 35.0 Å². The number of hydrogen-bond acceptors (Lipinski definition) is 4. The number of carbonyl (C=O) groups is 2. The van der Waals surface area contributed by atoms with Crippen LogP contribution in [0.1, 0.15) is 21.6 Å². The molecule has 0 fully saturated rings. The number of benzene rings is 2. The highest BCUT2D eigenvalue weighted by Gasteiger charge is 2.27. The Morgan fingerprint density at radius 2 is 1.93 bits per heavy atom. The normalized spacial score (nSPS) is 13.1. The summed E-state index contributed by atoms with van der Waals surface area (Å²) in [5, 5.41) is 7.30. The third-order valence-electron chi connectivity index (χ3n) is 4.87. The molecule has 2 heterocycles. The Morgan fingerprint density at radius 3 is 2.67 bits per heavy atom. The summed E-state index contributed by atoms with van der Waals surface area (Å²) in [5.74, 6) is -0.537. The van der Waals surface area contributed by atoms with E-state index >= 15 is 0 Å². The number of hydrogen-bond donors (Lipinski definition) is 1. The van der Waals surface area contributed by atoms with Crippen molar-refractivity contribution in [2.24, 2.45) is 0 Å². The van der Waals surface area contributed by atoms with Crippen molar-refractivity contribution >= 4 is 35.0 Å². The predicted octanol–water partition coefficient (Wildman–Crippen LogP) is 4.10. The summed E-state index contributed by atoms with van der Waals surface area (Å²) in [6.07, 6.45) is 0.530. The van der Waals surface area contributed by atoms with E-state index in [0.717, 1.165) is 11.3 Å². The lowest BCUT2D eigenvalue weighted by molar-refractivity contribution is -0.131. The van der Waals surface area contributed by atoms with E-state index in [1.54, 1.807) is 23.1 Å². The number of rotatable bonds is 4. The van der Waals surface area contributed by atoms with Crippen LogP contribution in [0.4, 0.5) is 4.39 Å². The Kier molecular flexibility index (Phi) is 5.74. The quantitative estimate of drug-likeness (QED) is 0.652. The number of aromatic nitrogens is 1. The van der Waals surface area contributed by atoms with Gasteiger partial charge in [-0.15, -0.1) is 0 Å². The van der Waals surface area contributed by atoms with Gasteiger partial charge in [0, 0.05) is 29.1 Å². The molecule has 0 saturated carbocycles. The molecule has 154 valence electrons. The van der Waals surface area contributed by atoms with Gasteiger partial charge in [0.25, 0.3) is 5.91 Å². The fourth-order valence-electron chi connectivity index (χ4n) is 3.29. The van der Waals surface area contributed by atoms with Crippen LogP contribution in [0.5, 0.6) is 0 Å². The highest BCUT2D eigenvalue weighted by Crippen LogP contribution is 2.30. The zero-order valence-corrected chi connectivity index (χ0v) is 17.1.